The normalized spacial score (nSPS) is 22.6. The van der Waals surface area contributed by atoms with Gasteiger partial charge in [0.15, 0.2) is 0 Å². The molecule has 1 N–H and O–H groups in total. The van der Waals surface area contributed by atoms with E-state index in [4.69, 9.17) is 16.4 Å². The van der Waals surface area contributed by atoms with Crippen LogP contribution in [0.4, 0.5) is 0 Å². The van der Waals surface area contributed by atoms with Gasteiger partial charge in [-0.2, -0.15) is 0 Å². The highest BCUT2D eigenvalue weighted by molar-refractivity contribution is 6.34. The fourth-order valence-electron chi connectivity index (χ4n) is 3.45. The second-order valence-electron chi connectivity index (χ2n) is 7.32. The summed E-state index contributed by atoms with van der Waals surface area (Å²) in [6.07, 6.45) is 5.13. The molecule has 1 saturated heterocycles. The summed E-state index contributed by atoms with van der Waals surface area (Å²) in [7, 11) is 0. The third-order valence-electron chi connectivity index (χ3n) is 5.11. The SMILES string of the molecule is CC1(C(=O)NCCC(=O)N2CCCCCC2)CC(c2ccccc2Cl)=NO1. The number of halogens is 1. The molecule has 0 spiro atoms. The molecule has 1 fully saturated rings. The van der Waals surface area contributed by atoms with E-state index in [0.717, 1.165) is 31.5 Å². The number of oxime groups is 1. The van der Waals surface area contributed by atoms with E-state index in [2.05, 4.69) is 10.5 Å². The van der Waals surface area contributed by atoms with Gasteiger partial charge in [-0.1, -0.05) is 47.8 Å². The van der Waals surface area contributed by atoms with Crippen LogP contribution in [0.3, 0.4) is 0 Å². The van der Waals surface area contributed by atoms with Crippen LogP contribution in [-0.4, -0.2) is 47.7 Å². The van der Waals surface area contributed by atoms with Gasteiger partial charge in [0.2, 0.25) is 11.5 Å². The third kappa shape index (κ3) is 4.80. The second-order valence-corrected chi connectivity index (χ2v) is 7.72. The minimum absolute atomic E-state index is 0.0997. The van der Waals surface area contributed by atoms with E-state index < -0.39 is 5.60 Å². The Labute approximate surface area is 164 Å². The van der Waals surface area contributed by atoms with Crippen molar-refractivity contribution in [2.24, 2.45) is 5.16 Å². The molecule has 146 valence electrons. The first-order valence-electron chi connectivity index (χ1n) is 9.56. The predicted octanol–water partition coefficient (Wildman–Crippen LogP) is 3.13. The summed E-state index contributed by atoms with van der Waals surface area (Å²) >= 11 is 6.20. The summed E-state index contributed by atoms with van der Waals surface area (Å²) in [5.74, 6) is -0.167. The molecular formula is C20H26ClN3O3. The molecule has 2 aliphatic rings. The largest absolute Gasteiger partial charge is 0.379 e. The third-order valence-corrected chi connectivity index (χ3v) is 5.44. The van der Waals surface area contributed by atoms with E-state index in [0.29, 0.717) is 30.1 Å². The molecule has 0 aromatic heterocycles. The van der Waals surface area contributed by atoms with Gasteiger partial charge in [-0.25, -0.2) is 0 Å². The predicted molar refractivity (Wildman–Crippen MR) is 105 cm³/mol. The molecule has 1 aromatic carbocycles. The first kappa shape index (κ1) is 19.7. The molecule has 2 aliphatic heterocycles. The van der Waals surface area contributed by atoms with Crippen molar-refractivity contribution in [2.45, 2.75) is 51.0 Å². The van der Waals surface area contributed by atoms with Crippen LogP contribution >= 0.6 is 11.6 Å². The van der Waals surface area contributed by atoms with Crippen LogP contribution in [0.15, 0.2) is 29.4 Å². The van der Waals surface area contributed by atoms with E-state index in [1.54, 1.807) is 13.0 Å². The molecule has 1 unspecified atom stereocenters. The Hall–Kier alpha value is -2.08. The average Bonchev–Trinajstić information content (AvgIpc) is 2.88. The van der Waals surface area contributed by atoms with Gasteiger partial charge in [-0.05, 0) is 25.8 Å². The number of likely N-dealkylation sites (tertiary alicyclic amines) is 1. The fraction of sp³-hybridized carbons (Fsp3) is 0.550. The maximum absolute atomic E-state index is 12.6. The second kappa shape index (κ2) is 8.74. The van der Waals surface area contributed by atoms with Gasteiger partial charge in [-0.3, -0.25) is 9.59 Å². The minimum atomic E-state index is -1.08. The van der Waals surface area contributed by atoms with E-state index in [1.807, 2.05) is 23.1 Å². The molecule has 3 rings (SSSR count). The smallest absolute Gasteiger partial charge is 0.267 e. The Kier molecular flexibility index (Phi) is 6.37. The molecular weight excluding hydrogens is 366 g/mol. The number of amides is 2. The average molecular weight is 392 g/mol. The van der Waals surface area contributed by atoms with E-state index in [9.17, 15) is 9.59 Å². The van der Waals surface area contributed by atoms with Gasteiger partial charge >= 0.3 is 0 Å². The van der Waals surface area contributed by atoms with Crippen molar-refractivity contribution in [3.8, 4) is 0 Å². The Morgan fingerprint density at radius 3 is 2.63 bits per heavy atom. The molecule has 2 heterocycles. The Morgan fingerprint density at radius 1 is 1.22 bits per heavy atom. The van der Waals surface area contributed by atoms with E-state index >= 15 is 0 Å². The highest BCUT2D eigenvalue weighted by Gasteiger charge is 2.42. The van der Waals surface area contributed by atoms with Gasteiger partial charge < -0.3 is 15.1 Å². The number of carbonyl (C=O) groups is 2. The summed E-state index contributed by atoms with van der Waals surface area (Å²) < 4.78 is 0. The summed E-state index contributed by atoms with van der Waals surface area (Å²) in [5.41, 5.74) is 0.339. The number of hydrogen-bond donors (Lipinski definition) is 1. The number of nitrogens with zero attached hydrogens (tertiary/aromatic N) is 2. The molecule has 0 aliphatic carbocycles. The number of benzene rings is 1. The Morgan fingerprint density at radius 2 is 1.93 bits per heavy atom. The summed E-state index contributed by atoms with van der Waals surface area (Å²) in [6, 6.07) is 7.35. The lowest BCUT2D eigenvalue weighted by Gasteiger charge is -2.22. The monoisotopic (exact) mass is 391 g/mol. The lowest BCUT2D eigenvalue weighted by Crippen LogP contribution is -2.46. The number of rotatable bonds is 5. The first-order valence-corrected chi connectivity index (χ1v) is 9.93. The highest BCUT2D eigenvalue weighted by atomic mass is 35.5. The van der Waals surface area contributed by atoms with Crippen molar-refractivity contribution < 1.29 is 14.4 Å². The number of hydrogen-bond acceptors (Lipinski definition) is 4. The maximum atomic E-state index is 12.6. The Bertz CT molecular complexity index is 729. The van der Waals surface area contributed by atoms with E-state index in [1.165, 1.54) is 12.8 Å². The van der Waals surface area contributed by atoms with Crippen molar-refractivity contribution in [2.75, 3.05) is 19.6 Å². The molecule has 7 heteroatoms. The van der Waals surface area contributed by atoms with Gasteiger partial charge in [-0.15, -0.1) is 0 Å². The summed E-state index contributed by atoms with van der Waals surface area (Å²) in [4.78, 5) is 32.2. The van der Waals surface area contributed by atoms with E-state index in [-0.39, 0.29) is 11.8 Å². The molecule has 0 saturated carbocycles. The lowest BCUT2D eigenvalue weighted by molar-refractivity contribution is -0.141. The lowest BCUT2D eigenvalue weighted by atomic mass is 9.95. The topological polar surface area (TPSA) is 71.0 Å². The zero-order valence-corrected chi connectivity index (χ0v) is 16.4. The van der Waals surface area contributed by atoms with Crippen molar-refractivity contribution in [1.29, 1.82) is 0 Å². The molecule has 1 aromatic rings. The van der Waals surface area contributed by atoms with Crippen LogP contribution < -0.4 is 5.32 Å². The van der Waals surface area contributed by atoms with Gasteiger partial charge in [0.25, 0.3) is 5.91 Å². The van der Waals surface area contributed by atoms with Crippen molar-refractivity contribution in [3.05, 3.63) is 34.9 Å². The molecule has 0 radical (unpaired) electrons. The zero-order valence-electron chi connectivity index (χ0n) is 15.7. The van der Waals surface area contributed by atoms with Crippen molar-refractivity contribution in [3.63, 3.8) is 0 Å². The first-order chi connectivity index (χ1) is 13.0. The summed E-state index contributed by atoms with van der Waals surface area (Å²) in [6.45, 7) is 3.64. The van der Waals surface area contributed by atoms with Crippen LogP contribution in [0.5, 0.6) is 0 Å². The van der Waals surface area contributed by atoms with Crippen molar-refractivity contribution >= 4 is 29.1 Å². The highest BCUT2D eigenvalue weighted by Crippen LogP contribution is 2.29. The molecule has 2 amide bonds. The fourth-order valence-corrected chi connectivity index (χ4v) is 3.69. The van der Waals surface area contributed by atoms with Crippen molar-refractivity contribution in [1.82, 2.24) is 10.2 Å². The van der Waals surface area contributed by atoms with Crippen LogP contribution in [-0.2, 0) is 14.4 Å². The van der Waals surface area contributed by atoms with Gasteiger partial charge in [0, 0.05) is 43.1 Å². The molecule has 0 bridgehead atoms. The van der Waals surface area contributed by atoms with Crippen LogP contribution in [0.25, 0.3) is 0 Å². The molecule has 6 nitrogen and oxygen atoms in total. The molecule has 1 atom stereocenters. The number of carbonyl (C=O) groups excluding carboxylic acids is 2. The van der Waals surface area contributed by atoms with Crippen LogP contribution in [0.1, 0.15) is 51.0 Å². The number of nitrogens with one attached hydrogen (secondary N) is 1. The van der Waals surface area contributed by atoms with Gasteiger partial charge in [0.05, 0.1) is 5.71 Å². The van der Waals surface area contributed by atoms with Gasteiger partial charge in [0.1, 0.15) is 0 Å². The molecule has 27 heavy (non-hydrogen) atoms. The standard InChI is InChI=1S/C20H26ClN3O3/c1-20(14-17(23-27-20)15-8-4-5-9-16(15)21)19(26)22-11-10-18(25)24-12-6-2-3-7-13-24/h4-5,8-9H,2-3,6-7,10-14H2,1H3,(H,22,26). The zero-order chi connectivity index (χ0) is 19.3. The minimum Gasteiger partial charge on any atom is -0.379 e. The quantitative estimate of drug-likeness (QED) is 0.838. The maximum Gasteiger partial charge on any atom is 0.267 e. The van der Waals surface area contributed by atoms with Crippen LogP contribution in [0.2, 0.25) is 5.02 Å². The Balaban J connectivity index is 1.48. The van der Waals surface area contributed by atoms with Crippen LogP contribution in [0, 0.1) is 0 Å². The summed E-state index contributed by atoms with van der Waals surface area (Å²) in [5, 5.41) is 7.46.